The van der Waals surface area contributed by atoms with E-state index in [0.717, 1.165) is 13.1 Å². The molecule has 4 aliphatic heterocycles. The van der Waals surface area contributed by atoms with E-state index in [2.05, 4.69) is 18.1 Å². The molecule has 4 aliphatic rings. The first kappa shape index (κ1) is 32.3. The predicted molar refractivity (Wildman–Crippen MR) is 164 cm³/mol. The van der Waals surface area contributed by atoms with E-state index in [1.54, 1.807) is 17.1 Å². The van der Waals surface area contributed by atoms with Crippen LogP contribution in [0.25, 0.3) is 0 Å². The highest BCUT2D eigenvalue weighted by molar-refractivity contribution is 5.99. The lowest BCUT2D eigenvalue weighted by Crippen LogP contribution is -2.58. The average molecular weight is 610 g/mol. The molecular formula is C34H47N3O7. The number of benzene rings is 1. The molecule has 0 aliphatic carbocycles. The fourth-order valence-corrected chi connectivity index (χ4v) is 7.88. The zero-order valence-electron chi connectivity index (χ0n) is 26.1. The van der Waals surface area contributed by atoms with Gasteiger partial charge in [0.2, 0.25) is 11.8 Å². The van der Waals surface area contributed by atoms with Crippen LogP contribution in [0, 0.1) is 17.8 Å². The fraction of sp³-hybridized carbons (Fsp3) is 0.618. The number of hydrogen-bond acceptors (Lipinski definition) is 8. The van der Waals surface area contributed by atoms with Gasteiger partial charge < -0.3 is 29.1 Å². The maximum atomic E-state index is 14.8. The van der Waals surface area contributed by atoms with E-state index in [-0.39, 0.29) is 30.9 Å². The molecule has 3 unspecified atom stereocenters. The van der Waals surface area contributed by atoms with Crippen LogP contribution in [-0.2, 0) is 28.6 Å². The molecule has 240 valence electrons. The number of unbranched alkanes of at least 4 members (excludes halogenated alkanes) is 1. The SMILES string of the molecule is C=CCCCOC(=O)[C@H]1[C@H]2C(=O)N([C@H](CO)c3ccccc3)C(C(=O)N(CC=C)CCN3CCOCC3)C23CC(C)[C@]1(C)O3. The lowest BCUT2D eigenvalue weighted by molar-refractivity contribution is -0.164. The van der Waals surface area contributed by atoms with Crippen molar-refractivity contribution in [3.05, 3.63) is 61.2 Å². The standard InChI is InChI=1S/C34H47N3O7/c1-5-7-11-19-43-32(41)28-27-30(39)37(26(23-38)25-12-9-8-10-13-25)29(34(27)22-24(3)33(28,4)44-34)31(40)36(14-6-2)16-15-35-17-20-42-21-18-35/h5-6,8-10,12-13,24,26-29,38H,1-2,7,11,14-23H2,3-4H3/t24?,26-,27+,28-,29?,33+,34?/m1/s1. The summed E-state index contributed by atoms with van der Waals surface area (Å²) in [6, 6.07) is 7.40. The van der Waals surface area contributed by atoms with E-state index >= 15 is 0 Å². The Morgan fingerprint density at radius 2 is 1.93 bits per heavy atom. The van der Waals surface area contributed by atoms with Gasteiger partial charge in [-0.1, -0.05) is 49.4 Å². The third kappa shape index (κ3) is 5.62. The minimum Gasteiger partial charge on any atom is -0.465 e. The van der Waals surface area contributed by atoms with Crippen molar-refractivity contribution in [1.82, 2.24) is 14.7 Å². The maximum absolute atomic E-state index is 14.8. The molecule has 1 N–H and O–H groups in total. The number of hydrogen-bond donors (Lipinski definition) is 1. The van der Waals surface area contributed by atoms with Gasteiger partial charge in [0.25, 0.3) is 0 Å². The molecule has 2 amide bonds. The van der Waals surface area contributed by atoms with Crippen LogP contribution in [0.4, 0.5) is 0 Å². The van der Waals surface area contributed by atoms with Crippen LogP contribution in [0.15, 0.2) is 55.6 Å². The smallest absolute Gasteiger partial charge is 0.312 e. The number of likely N-dealkylation sites (tertiary alicyclic amines) is 1. The molecule has 0 radical (unpaired) electrons. The number of morpholine rings is 1. The van der Waals surface area contributed by atoms with Crippen molar-refractivity contribution < 1.29 is 33.7 Å². The second-order valence-corrected chi connectivity index (χ2v) is 12.7. The van der Waals surface area contributed by atoms with Crippen LogP contribution in [-0.4, -0.2) is 114 Å². The van der Waals surface area contributed by atoms with E-state index in [4.69, 9.17) is 14.2 Å². The van der Waals surface area contributed by atoms with Crippen molar-refractivity contribution in [2.75, 3.05) is 59.2 Å². The minimum atomic E-state index is -1.24. The summed E-state index contributed by atoms with van der Waals surface area (Å²) in [6.07, 6.45) is 5.23. The molecule has 10 heteroatoms. The first-order valence-electron chi connectivity index (χ1n) is 15.9. The Labute approximate surface area is 260 Å². The summed E-state index contributed by atoms with van der Waals surface area (Å²) in [6.45, 7) is 15.6. The summed E-state index contributed by atoms with van der Waals surface area (Å²) < 4.78 is 18.1. The van der Waals surface area contributed by atoms with Gasteiger partial charge in [0, 0.05) is 32.7 Å². The minimum absolute atomic E-state index is 0.113. The topological polar surface area (TPSA) is 109 Å². The normalized spacial score (nSPS) is 31.9. The maximum Gasteiger partial charge on any atom is 0.312 e. The number of rotatable bonds is 14. The number of ether oxygens (including phenoxy) is 3. The molecular weight excluding hydrogens is 562 g/mol. The fourth-order valence-electron chi connectivity index (χ4n) is 7.88. The molecule has 4 heterocycles. The zero-order chi connectivity index (χ0) is 31.5. The molecule has 4 fully saturated rings. The van der Waals surface area contributed by atoms with Gasteiger partial charge in [-0.05, 0) is 37.7 Å². The number of aliphatic hydroxyl groups is 1. The Bertz CT molecular complexity index is 1220. The van der Waals surface area contributed by atoms with Crippen LogP contribution < -0.4 is 0 Å². The molecule has 7 atom stereocenters. The van der Waals surface area contributed by atoms with Gasteiger partial charge in [-0.2, -0.15) is 0 Å². The number of amides is 2. The summed E-state index contributed by atoms with van der Waals surface area (Å²) in [4.78, 5) is 48.8. The van der Waals surface area contributed by atoms with Crippen molar-refractivity contribution in [3.63, 3.8) is 0 Å². The van der Waals surface area contributed by atoms with Gasteiger partial charge in [-0.25, -0.2) is 0 Å². The third-order valence-electron chi connectivity index (χ3n) is 10.2. The quantitative estimate of drug-likeness (QED) is 0.195. The third-order valence-corrected chi connectivity index (χ3v) is 10.2. The molecule has 0 saturated carbocycles. The van der Waals surface area contributed by atoms with Crippen LogP contribution in [0.2, 0.25) is 0 Å². The molecule has 2 bridgehead atoms. The van der Waals surface area contributed by atoms with Gasteiger partial charge in [-0.15, -0.1) is 13.2 Å². The van der Waals surface area contributed by atoms with Crippen molar-refractivity contribution >= 4 is 17.8 Å². The van der Waals surface area contributed by atoms with Crippen LogP contribution in [0.3, 0.4) is 0 Å². The van der Waals surface area contributed by atoms with E-state index in [1.807, 2.05) is 44.2 Å². The van der Waals surface area contributed by atoms with Crippen LogP contribution >= 0.6 is 0 Å². The second-order valence-electron chi connectivity index (χ2n) is 12.7. The predicted octanol–water partition coefficient (Wildman–Crippen LogP) is 2.59. The van der Waals surface area contributed by atoms with Crippen molar-refractivity contribution in [2.24, 2.45) is 17.8 Å². The highest BCUT2D eigenvalue weighted by Crippen LogP contribution is 2.66. The highest BCUT2D eigenvalue weighted by Gasteiger charge is 2.80. The van der Waals surface area contributed by atoms with Crippen molar-refractivity contribution in [3.8, 4) is 0 Å². The number of carbonyl (C=O) groups excluding carboxylic acids is 3. The molecule has 10 nitrogen and oxygen atoms in total. The Hall–Kier alpha value is -3.05. The Morgan fingerprint density at radius 1 is 1.20 bits per heavy atom. The first-order chi connectivity index (χ1) is 21.2. The van der Waals surface area contributed by atoms with Crippen LogP contribution in [0.1, 0.15) is 44.7 Å². The first-order valence-corrected chi connectivity index (χ1v) is 15.9. The van der Waals surface area contributed by atoms with E-state index in [9.17, 15) is 19.5 Å². The summed E-state index contributed by atoms with van der Waals surface area (Å²) in [7, 11) is 0. The molecule has 0 aromatic heterocycles. The molecule has 1 spiro atoms. The lowest BCUT2D eigenvalue weighted by atomic mass is 9.62. The largest absolute Gasteiger partial charge is 0.465 e. The van der Waals surface area contributed by atoms with Gasteiger partial charge in [0.15, 0.2) is 0 Å². The summed E-state index contributed by atoms with van der Waals surface area (Å²) in [5.74, 6) is -3.00. The lowest BCUT2D eigenvalue weighted by Gasteiger charge is -2.40. The van der Waals surface area contributed by atoms with E-state index in [0.29, 0.717) is 57.7 Å². The van der Waals surface area contributed by atoms with Gasteiger partial charge in [0.1, 0.15) is 17.6 Å². The number of esters is 1. The molecule has 1 aromatic carbocycles. The van der Waals surface area contributed by atoms with Gasteiger partial charge in [0.05, 0.1) is 44.0 Å². The molecule has 44 heavy (non-hydrogen) atoms. The molecule has 4 saturated heterocycles. The second kappa shape index (κ2) is 13.5. The summed E-state index contributed by atoms with van der Waals surface area (Å²) in [5.41, 5.74) is -1.51. The van der Waals surface area contributed by atoms with Crippen molar-refractivity contribution in [2.45, 2.75) is 56.4 Å². The Kier molecular flexibility index (Phi) is 9.94. The van der Waals surface area contributed by atoms with Crippen molar-refractivity contribution in [1.29, 1.82) is 0 Å². The number of carbonyl (C=O) groups is 3. The van der Waals surface area contributed by atoms with E-state index < -0.39 is 41.1 Å². The Balaban J connectivity index is 1.54. The van der Waals surface area contributed by atoms with Gasteiger partial charge in [-0.3, -0.25) is 19.3 Å². The van der Waals surface area contributed by atoms with E-state index in [1.165, 1.54) is 4.90 Å². The number of aliphatic hydroxyl groups excluding tert-OH is 1. The average Bonchev–Trinajstić information content (AvgIpc) is 3.55. The Morgan fingerprint density at radius 3 is 2.59 bits per heavy atom. The highest BCUT2D eigenvalue weighted by atomic mass is 16.6. The summed E-state index contributed by atoms with van der Waals surface area (Å²) in [5, 5.41) is 10.8. The molecule has 1 aromatic rings. The number of nitrogens with zero attached hydrogens (tertiary/aromatic N) is 3. The number of allylic oxidation sites excluding steroid dienone is 1. The van der Waals surface area contributed by atoms with Gasteiger partial charge >= 0.3 is 5.97 Å². The van der Waals surface area contributed by atoms with Crippen LogP contribution in [0.5, 0.6) is 0 Å². The molecule has 5 rings (SSSR count). The monoisotopic (exact) mass is 609 g/mol. The number of fused-ring (bicyclic) bond motifs is 1. The summed E-state index contributed by atoms with van der Waals surface area (Å²) >= 11 is 0. The zero-order valence-corrected chi connectivity index (χ0v) is 26.1.